The van der Waals surface area contributed by atoms with Gasteiger partial charge in [0, 0.05) is 6.04 Å². The molecule has 1 aliphatic rings. The van der Waals surface area contributed by atoms with Crippen molar-refractivity contribution in [1.29, 1.82) is 0 Å². The Kier molecular flexibility index (Phi) is 3.24. The minimum absolute atomic E-state index is 0.0250. The molecule has 1 aromatic rings. The summed E-state index contributed by atoms with van der Waals surface area (Å²) in [5.74, 6) is -0.175. The standard InChI is InChI=1S/C11H17N3O2/c12-10-2-1-9(5-10)6-13-3-4-14(8-13)7-11(15)16/h3-4,8-10H,1-2,5-7,12H2/p+1. The highest BCUT2D eigenvalue weighted by Gasteiger charge is 2.23. The Morgan fingerprint density at radius 2 is 2.38 bits per heavy atom. The van der Waals surface area contributed by atoms with Crippen LogP contribution in [0.4, 0.5) is 0 Å². The van der Waals surface area contributed by atoms with Gasteiger partial charge in [0.1, 0.15) is 12.4 Å². The molecule has 3 N–H and O–H groups in total. The first-order valence-electron chi connectivity index (χ1n) is 5.65. The zero-order chi connectivity index (χ0) is 11.5. The fourth-order valence-corrected chi connectivity index (χ4v) is 2.37. The van der Waals surface area contributed by atoms with Gasteiger partial charge in [-0.3, -0.25) is 0 Å². The number of nitrogens with two attached hydrogens (primary N) is 1. The second kappa shape index (κ2) is 4.65. The molecule has 0 aromatic carbocycles. The fraction of sp³-hybridized carbons (Fsp3) is 0.636. The van der Waals surface area contributed by atoms with Gasteiger partial charge < -0.3 is 10.8 Å². The number of carbonyl (C=O) groups is 1. The molecule has 0 amide bonds. The SMILES string of the molecule is NC1CCC(C[n+]2ccn(CC(=O)O)c2)C1. The number of aromatic nitrogens is 2. The van der Waals surface area contributed by atoms with Crippen molar-refractivity contribution in [1.82, 2.24) is 4.57 Å². The molecule has 1 aliphatic carbocycles. The van der Waals surface area contributed by atoms with Crippen molar-refractivity contribution in [3.8, 4) is 0 Å². The summed E-state index contributed by atoms with van der Waals surface area (Å²) in [6, 6.07) is 0.353. The van der Waals surface area contributed by atoms with Crippen molar-refractivity contribution < 1.29 is 14.5 Å². The molecule has 0 spiro atoms. The summed E-state index contributed by atoms with van der Waals surface area (Å²) >= 11 is 0. The van der Waals surface area contributed by atoms with Crippen LogP contribution in [0.5, 0.6) is 0 Å². The van der Waals surface area contributed by atoms with Gasteiger partial charge in [0.15, 0.2) is 6.54 Å². The van der Waals surface area contributed by atoms with Crippen molar-refractivity contribution in [2.75, 3.05) is 0 Å². The highest BCUT2D eigenvalue weighted by Crippen LogP contribution is 2.23. The number of nitrogens with zero attached hydrogens (tertiary/aromatic N) is 2. The molecule has 1 fully saturated rings. The largest absolute Gasteiger partial charge is 0.478 e. The van der Waals surface area contributed by atoms with E-state index in [2.05, 4.69) is 0 Å². The van der Waals surface area contributed by atoms with Crippen LogP contribution in [0.15, 0.2) is 18.7 Å². The molecule has 1 saturated carbocycles. The highest BCUT2D eigenvalue weighted by atomic mass is 16.4. The van der Waals surface area contributed by atoms with E-state index in [1.165, 1.54) is 6.42 Å². The first-order chi connectivity index (χ1) is 7.63. The van der Waals surface area contributed by atoms with Crippen molar-refractivity contribution in [3.63, 3.8) is 0 Å². The molecule has 88 valence electrons. The molecule has 1 aromatic heterocycles. The predicted octanol–water partition coefficient (Wildman–Crippen LogP) is -0.0124. The molecule has 0 saturated heterocycles. The summed E-state index contributed by atoms with van der Waals surface area (Å²) < 4.78 is 3.73. The van der Waals surface area contributed by atoms with Crippen LogP contribution in [0.25, 0.3) is 0 Å². The monoisotopic (exact) mass is 224 g/mol. The number of hydrogen-bond donors (Lipinski definition) is 2. The Hall–Kier alpha value is -1.36. The Morgan fingerprint density at radius 1 is 1.56 bits per heavy atom. The van der Waals surface area contributed by atoms with E-state index < -0.39 is 5.97 Å². The first-order valence-corrected chi connectivity index (χ1v) is 5.65. The van der Waals surface area contributed by atoms with Crippen LogP contribution in [-0.2, 0) is 17.9 Å². The molecular weight excluding hydrogens is 206 g/mol. The normalized spacial score (nSPS) is 24.8. The van der Waals surface area contributed by atoms with Crippen molar-refractivity contribution in [3.05, 3.63) is 18.7 Å². The summed E-state index contributed by atoms with van der Waals surface area (Å²) in [5, 5.41) is 8.65. The van der Waals surface area contributed by atoms with Gasteiger partial charge in [-0.15, -0.1) is 0 Å². The van der Waals surface area contributed by atoms with Crippen molar-refractivity contribution in [2.45, 2.75) is 38.4 Å². The number of hydrogen-bond acceptors (Lipinski definition) is 2. The maximum atomic E-state index is 10.5. The van der Waals surface area contributed by atoms with E-state index >= 15 is 0 Å². The van der Waals surface area contributed by atoms with E-state index in [-0.39, 0.29) is 6.54 Å². The molecule has 0 bridgehead atoms. The Morgan fingerprint density at radius 3 is 3.00 bits per heavy atom. The molecule has 1 heterocycles. The van der Waals surface area contributed by atoms with Gasteiger partial charge in [-0.25, -0.2) is 13.9 Å². The van der Waals surface area contributed by atoms with Gasteiger partial charge in [-0.2, -0.15) is 0 Å². The number of carboxylic acids is 1. The van der Waals surface area contributed by atoms with E-state index in [1.54, 1.807) is 10.8 Å². The van der Waals surface area contributed by atoms with Crippen LogP contribution >= 0.6 is 0 Å². The third-order valence-corrected chi connectivity index (χ3v) is 3.11. The summed E-state index contributed by atoms with van der Waals surface area (Å²) in [6.07, 6.45) is 8.93. The van der Waals surface area contributed by atoms with Crippen LogP contribution in [0.1, 0.15) is 19.3 Å². The van der Waals surface area contributed by atoms with E-state index in [0.29, 0.717) is 12.0 Å². The van der Waals surface area contributed by atoms with Gasteiger partial charge >= 0.3 is 5.97 Å². The maximum absolute atomic E-state index is 10.5. The molecule has 5 nitrogen and oxygen atoms in total. The molecule has 0 aliphatic heterocycles. The molecular formula is C11H18N3O2+. The van der Waals surface area contributed by atoms with Gasteiger partial charge in [-0.1, -0.05) is 0 Å². The zero-order valence-electron chi connectivity index (χ0n) is 9.25. The number of aliphatic carboxylic acids is 1. The molecule has 2 atom stereocenters. The fourth-order valence-electron chi connectivity index (χ4n) is 2.37. The quantitative estimate of drug-likeness (QED) is 0.706. The van der Waals surface area contributed by atoms with Crippen LogP contribution < -0.4 is 10.3 Å². The molecule has 5 heteroatoms. The molecule has 0 radical (unpaired) electrons. The Labute approximate surface area is 94.5 Å². The average Bonchev–Trinajstić information content (AvgIpc) is 2.76. The second-order valence-electron chi connectivity index (χ2n) is 4.62. The van der Waals surface area contributed by atoms with Crippen LogP contribution in [-0.4, -0.2) is 21.7 Å². The Bertz CT molecular complexity index is 375. The summed E-state index contributed by atoms with van der Waals surface area (Å²) in [7, 11) is 0. The zero-order valence-corrected chi connectivity index (χ0v) is 9.25. The topological polar surface area (TPSA) is 72.1 Å². The lowest BCUT2D eigenvalue weighted by Crippen LogP contribution is -2.35. The molecule has 16 heavy (non-hydrogen) atoms. The van der Waals surface area contributed by atoms with E-state index in [9.17, 15) is 4.79 Å². The third kappa shape index (κ3) is 2.82. The van der Waals surface area contributed by atoms with Crippen LogP contribution in [0, 0.1) is 5.92 Å². The van der Waals surface area contributed by atoms with Gasteiger partial charge in [0.25, 0.3) is 0 Å². The van der Waals surface area contributed by atoms with Crippen molar-refractivity contribution in [2.24, 2.45) is 11.7 Å². The van der Waals surface area contributed by atoms with Crippen LogP contribution in [0.3, 0.4) is 0 Å². The maximum Gasteiger partial charge on any atom is 0.346 e. The van der Waals surface area contributed by atoms with Gasteiger partial charge in [-0.05, 0) is 25.2 Å². The van der Waals surface area contributed by atoms with Crippen LogP contribution in [0.2, 0.25) is 0 Å². The third-order valence-electron chi connectivity index (χ3n) is 3.11. The average molecular weight is 224 g/mol. The number of rotatable bonds is 4. The van der Waals surface area contributed by atoms with Crippen molar-refractivity contribution >= 4 is 5.97 Å². The van der Waals surface area contributed by atoms with E-state index in [1.807, 2.05) is 17.1 Å². The Balaban J connectivity index is 1.90. The predicted molar refractivity (Wildman–Crippen MR) is 57.6 cm³/mol. The molecule has 2 rings (SSSR count). The van der Waals surface area contributed by atoms with Gasteiger partial charge in [0.2, 0.25) is 6.33 Å². The van der Waals surface area contributed by atoms with E-state index in [0.717, 1.165) is 19.4 Å². The number of carboxylic acid groups (broad SMARTS) is 1. The smallest absolute Gasteiger partial charge is 0.346 e. The first kappa shape index (κ1) is 11.1. The minimum atomic E-state index is -0.814. The van der Waals surface area contributed by atoms with Gasteiger partial charge in [0.05, 0.1) is 6.54 Å². The summed E-state index contributed by atoms with van der Waals surface area (Å²) in [6.45, 7) is 0.970. The lowest BCUT2D eigenvalue weighted by molar-refractivity contribution is -0.702. The molecule has 2 unspecified atom stereocenters. The lowest BCUT2D eigenvalue weighted by atomic mass is 10.1. The lowest BCUT2D eigenvalue weighted by Gasteiger charge is -2.05. The highest BCUT2D eigenvalue weighted by molar-refractivity contribution is 5.66. The summed E-state index contributed by atoms with van der Waals surface area (Å²) in [5.41, 5.74) is 5.86. The second-order valence-corrected chi connectivity index (χ2v) is 4.62. The number of imidazole rings is 1. The van der Waals surface area contributed by atoms with E-state index in [4.69, 9.17) is 10.8 Å². The minimum Gasteiger partial charge on any atom is -0.478 e. The summed E-state index contributed by atoms with van der Waals surface area (Å²) in [4.78, 5) is 10.5.